The SMILES string of the molecule is O=C(O)CCCN1Cc2c(OCC3COc4ccccc4C3)cccc2C1=O. The largest absolute Gasteiger partial charge is 0.493 e. The number of carboxylic acid groups (broad SMARTS) is 1. The zero-order chi connectivity index (χ0) is 19.5. The van der Waals surface area contributed by atoms with Crippen molar-refractivity contribution in [3.05, 3.63) is 59.2 Å². The van der Waals surface area contributed by atoms with E-state index in [0.29, 0.717) is 38.3 Å². The summed E-state index contributed by atoms with van der Waals surface area (Å²) in [6.45, 7) is 2.05. The molecule has 0 aliphatic carbocycles. The second-order valence-corrected chi connectivity index (χ2v) is 7.31. The molecule has 1 amide bonds. The van der Waals surface area contributed by atoms with Gasteiger partial charge in [-0.2, -0.15) is 0 Å². The summed E-state index contributed by atoms with van der Waals surface area (Å²) in [6, 6.07) is 13.6. The van der Waals surface area contributed by atoms with Crippen LogP contribution < -0.4 is 9.47 Å². The summed E-state index contributed by atoms with van der Waals surface area (Å²) in [5.41, 5.74) is 2.73. The molecule has 4 rings (SSSR count). The number of para-hydroxylation sites is 1. The first-order valence-electron chi connectivity index (χ1n) is 9.58. The Balaban J connectivity index is 1.39. The molecular weight excluding hydrogens is 358 g/mol. The van der Waals surface area contributed by atoms with Crippen LogP contribution in [-0.4, -0.2) is 41.6 Å². The Hall–Kier alpha value is -3.02. The van der Waals surface area contributed by atoms with Gasteiger partial charge in [0.25, 0.3) is 5.91 Å². The topological polar surface area (TPSA) is 76.1 Å². The van der Waals surface area contributed by atoms with E-state index in [4.69, 9.17) is 14.6 Å². The minimum atomic E-state index is -0.843. The van der Waals surface area contributed by atoms with E-state index in [2.05, 4.69) is 6.07 Å². The van der Waals surface area contributed by atoms with Gasteiger partial charge in [0, 0.05) is 30.0 Å². The van der Waals surface area contributed by atoms with Gasteiger partial charge in [0.05, 0.1) is 19.8 Å². The molecule has 146 valence electrons. The first-order chi connectivity index (χ1) is 13.6. The van der Waals surface area contributed by atoms with Gasteiger partial charge in [0.15, 0.2) is 0 Å². The lowest BCUT2D eigenvalue weighted by Gasteiger charge is -2.25. The number of carbonyl (C=O) groups is 2. The second-order valence-electron chi connectivity index (χ2n) is 7.31. The van der Waals surface area contributed by atoms with Gasteiger partial charge in [0.1, 0.15) is 11.5 Å². The monoisotopic (exact) mass is 381 g/mol. The molecule has 2 aliphatic heterocycles. The summed E-state index contributed by atoms with van der Waals surface area (Å²) in [6.07, 6.45) is 1.42. The van der Waals surface area contributed by atoms with Crippen molar-refractivity contribution < 1.29 is 24.2 Å². The van der Waals surface area contributed by atoms with Gasteiger partial charge in [-0.25, -0.2) is 0 Å². The highest BCUT2D eigenvalue weighted by Gasteiger charge is 2.30. The number of benzene rings is 2. The fourth-order valence-electron chi connectivity index (χ4n) is 3.80. The first kappa shape index (κ1) is 18.3. The smallest absolute Gasteiger partial charge is 0.303 e. The van der Waals surface area contributed by atoms with Crippen LogP contribution in [0.2, 0.25) is 0 Å². The summed E-state index contributed by atoms with van der Waals surface area (Å²) in [7, 11) is 0. The number of ether oxygens (including phenoxy) is 2. The lowest BCUT2D eigenvalue weighted by molar-refractivity contribution is -0.137. The minimum absolute atomic E-state index is 0.0548. The Morgan fingerprint density at radius 1 is 1.21 bits per heavy atom. The summed E-state index contributed by atoms with van der Waals surface area (Å²) in [5, 5.41) is 8.79. The Bertz CT molecular complexity index is 894. The van der Waals surface area contributed by atoms with Gasteiger partial charge in [-0.1, -0.05) is 24.3 Å². The zero-order valence-corrected chi connectivity index (χ0v) is 15.6. The molecule has 1 N–H and O–H groups in total. The molecule has 2 aromatic carbocycles. The normalized spacial score (nSPS) is 17.6. The third-order valence-corrected chi connectivity index (χ3v) is 5.25. The van der Waals surface area contributed by atoms with Crippen LogP contribution in [0.5, 0.6) is 11.5 Å². The quantitative estimate of drug-likeness (QED) is 0.797. The molecule has 0 aromatic heterocycles. The van der Waals surface area contributed by atoms with Crippen LogP contribution in [0.15, 0.2) is 42.5 Å². The molecular formula is C22H23NO5. The fraction of sp³-hybridized carbons (Fsp3) is 0.364. The molecule has 1 unspecified atom stereocenters. The maximum absolute atomic E-state index is 12.6. The minimum Gasteiger partial charge on any atom is -0.493 e. The van der Waals surface area contributed by atoms with Crippen LogP contribution in [0.3, 0.4) is 0 Å². The Morgan fingerprint density at radius 3 is 2.93 bits per heavy atom. The van der Waals surface area contributed by atoms with E-state index in [1.165, 1.54) is 5.56 Å². The molecule has 6 nitrogen and oxygen atoms in total. The number of aliphatic carboxylic acids is 1. The van der Waals surface area contributed by atoms with Crippen LogP contribution in [0.1, 0.15) is 34.3 Å². The number of fused-ring (bicyclic) bond motifs is 2. The molecule has 0 saturated carbocycles. The molecule has 0 fully saturated rings. The number of hydrogen-bond donors (Lipinski definition) is 1. The van der Waals surface area contributed by atoms with Crippen molar-refractivity contribution in [3.8, 4) is 11.5 Å². The van der Waals surface area contributed by atoms with Crippen LogP contribution in [0, 0.1) is 5.92 Å². The lowest BCUT2D eigenvalue weighted by atomic mass is 9.97. The Labute approximate surface area is 163 Å². The van der Waals surface area contributed by atoms with Gasteiger partial charge < -0.3 is 19.5 Å². The van der Waals surface area contributed by atoms with E-state index in [1.54, 1.807) is 4.90 Å². The van der Waals surface area contributed by atoms with Crippen molar-refractivity contribution in [2.75, 3.05) is 19.8 Å². The van der Waals surface area contributed by atoms with Gasteiger partial charge in [-0.15, -0.1) is 0 Å². The predicted octanol–water partition coefficient (Wildman–Crippen LogP) is 3.14. The Kier molecular flexibility index (Phi) is 5.19. The number of carboxylic acids is 1. The van der Waals surface area contributed by atoms with Crippen LogP contribution in [0.25, 0.3) is 0 Å². The van der Waals surface area contributed by atoms with E-state index < -0.39 is 5.97 Å². The average molecular weight is 381 g/mol. The maximum atomic E-state index is 12.6. The highest BCUT2D eigenvalue weighted by atomic mass is 16.5. The number of rotatable bonds is 7. The van der Waals surface area contributed by atoms with E-state index >= 15 is 0 Å². The highest BCUT2D eigenvalue weighted by Crippen LogP contribution is 2.32. The van der Waals surface area contributed by atoms with Crippen LogP contribution in [0.4, 0.5) is 0 Å². The molecule has 0 saturated heterocycles. The number of hydrogen-bond acceptors (Lipinski definition) is 4. The molecule has 2 aromatic rings. The van der Waals surface area contributed by atoms with Gasteiger partial charge in [-0.3, -0.25) is 9.59 Å². The first-order valence-corrected chi connectivity index (χ1v) is 9.58. The maximum Gasteiger partial charge on any atom is 0.303 e. The van der Waals surface area contributed by atoms with E-state index in [9.17, 15) is 9.59 Å². The summed E-state index contributed by atoms with van der Waals surface area (Å²) in [4.78, 5) is 25.0. The third-order valence-electron chi connectivity index (χ3n) is 5.25. The van der Waals surface area contributed by atoms with Crippen molar-refractivity contribution in [2.45, 2.75) is 25.8 Å². The van der Waals surface area contributed by atoms with E-state index in [0.717, 1.165) is 23.5 Å². The molecule has 0 bridgehead atoms. The van der Waals surface area contributed by atoms with Crippen molar-refractivity contribution in [2.24, 2.45) is 5.92 Å². The summed E-state index contributed by atoms with van der Waals surface area (Å²) >= 11 is 0. The molecule has 0 spiro atoms. The predicted molar refractivity (Wildman–Crippen MR) is 103 cm³/mol. The van der Waals surface area contributed by atoms with Crippen LogP contribution >= 0.6 is 0 Å². The van der Waals surface area contributed by atoms with Crippen molar-refractivity contribution in [1.82, 2.24) is 4.90 Å². The standard InChI is InChI=1S/C22H23NO5/c24-21(25)9-4-10-23-12-18-17(22(23)26)6-3-8-20(18)28-14-15-11-16-5-1-2-7-19(16)27-13-15/h1-3,5-8,15H,4,9-14H2,(H,24,25). The lowest BCUT2D eigenvalue weighted by Crippen LogP contribution is -2.26. The fourth-order valence-corrected chi connectivity index (χ4v) is 3.80. The summed E-state index contributed by atoms with van der Waals surface area (Å²) < 4.78 is 11.9. The zero-order valence-electron chi connectivity index (χ0n) is 15.6. The molecule has 28 heavy (non-hydrogen) atoms. The van der Waals surface area contributed by atoms with E-state index in [-0.39, 0.29) is 18.2 Å². The average Bonchev–Trinajstić information content (AvgIpc) is 3.02. The van der Waals surface area contributed by atoms with Crippen molar-refractivity contribution in [3.63, 3.8) is 0 Å². The molecule has 1 atom stereocenters. The third kappa shape index (κ3) is 3.81. The summed E-state index contributed by atoms with van der Waals surface area (Å²) in [5.74, 6) is 1.03. The molecule has 2 heterocycles. The number of carbonyl (C=O) groups excluding carboxylic acids is 1. The molecule has 6 heteroatoms. The number of amides is 1. The van der Waals surface area contributed by atoms with E-state index in [1.807, 2.05) is 36.4 Å². The van der Waals surface area contributed by atoms with Crippen LogP contribution in [-0.2, 0) is 17.8 Å². The van der Waals surface area contributed by atoms with Gasteiger partial charge >= 0.3 is 5.97 Å². The van der Waals surface area contributed by atoms with Crippen molar-refractivity contribution >= 4 is 11.9 Å². The van der Waals surface area contributed by atoms with Crippen molar-refractivity contribution in [1.29, 1.82) is 0 Å². The second kappa shape index (κ2) is 7.92. The van der Waals surface area contributed by atoms with Gasteiger partial charge in [-0.05, 0) is 36.6 Å². The highest BCUT2D eigenvalue weighted by molar-refractivity contribution is 5.99. The molecule has 0 radical (unpaired) electrons. The number of nitrogens with zero attached hydrogens (tertiary/aromatic N) is 1. The Morgan fingerprint density at radius 2 is 2.07 bits per heavy atom. The van der Waals surface area contributed by atoms with Gasteiger partial charge in [0.2, 0.25) is 0 Å². The molecule has 2 aliphatic rings.